The molecule has 3 heterocycles. The van der Waals surface area contributed by atoms with Crippen LogP contribution in [0.25, 0.3) is 0 Å². The third kappa shape index (κ3) is 16.8. The minimum Gasteiger partial charge on any atom is -0.491 e. The number of carbonyl (C=O) groups is 4. The molecule has 2 saturated heterocycles. The minimum atomic E-state index is -1.02. The number of nitrogens with zero attached hydrogens (tertiary/aromatic N) is 3. The standard InChI is InChI=1S/C38H60N6O8.C6H10O2/c1-5-6-17-49-24-30(39-4)25-50-18-19-51-36-26(2)20-29(21-27(36)3)37(46)40-16-10-13-33-31(14-15-34(52-33)38(47)48)41-35(45)23-44-22-32(42-43-44)28-11-8-7-9-12-28;7-4-6-2-1-3-8-5-6/h20-22,28,30-31,33-34,39H,5-19,23-25H2,1-4H3,(H,40,46)(H,41,45)(H,47,48);4,6H,1-3,5H2. The topological polar surface area (TPSA) is 201 Å². The Bertz CT molecular complexity index is 1570. The normalized spacial score (nSPS) is 21.3. The molecular weight excluding hydrogens is 773 g/mol. The van der Waals surface area contributed by atoms with Crippen molar-refractivity contribution in [3.05, 3.63) is 40.7 Å². The van der Waals surface area contributed by atoms with Gasteiger partial charge in [-0.15, -0.1) is 5.10 Å². The molecule has 5 unspecified atom stereocenters. The van der Waals surface area contributed by atoms with Crippen LogP contribution in [0.3, 0.4) is 0 Å². The predicted octanol–water partition coefficient (Wildman–Crippen LogP) is 4.68. The van der Waals surface area contributed by atoms with Crippen LogP contribution in [-0.4, -0.2) is 128 Å². The summed E-state index contributed by atoms with van der Waals surface area (Å²) in [7, 11) is 1.89. The number of hydrogen-bond donors (Lipinski definition) is 4. The van der Waals surface area contributed by atoms with Gasteiger partial charge in [0.05, 0.1) is 50.3 Å². The lowest BCUT2D eigenvalue weighted by molar-refractivity contribution is -0.162. The molecule has 4 N–H and O–H groups in total. The average molecular weight is 843 g/mol. The van der Waals surface area contributed by atoms with Gasteiger partial charge in [0, 0.05) is 43.4 Å². The molecule has 2 amide bonds. The summed E-state index contributed by atoms with van der Waals surface area (Å²) in [6.45, 7) is 10.5. The van der Waals surface area contributed by atoms with Crippen LogP contribution < -0.4 is 20.7 Å². The summed E-state index contributed by atoms with van der Waals surface area (Å²) in [5.41, 5.74) is 3.18. The van der Waals surface area contributed by atoms with Gasteiger partial charge in [-0.05, 0) is 102 Å². The summed E-state index contributed by atoms with van der Waals surface area (Å²) < 4.78 is 30.0. The molecule has 336 valence electrons. The Morgan fingerprint density at radius 3 is 2.38 bits per heavy atom. The molecule has 1 aliphatic carbocycles. The smallest absolute Gasteiger partial charge is 0.332 e. The second kappa shape index (κ2) is 27.1. The molecule has 2 aromatic rings. The zero-order chi connectivity index (χ0) is 43.1. The van der Waals surface area contributed by atoms with Crippen molar-refractivity contribution in [2.24, 2.45) is 5.92 Å². The van der Waals surface area contributed by atoms with Crippen molar-refractivity contribution in [1.29, 1.82) is 0 Å². The molecule has 5 rings (SSSR count). The number of aldehydes is 1. The van der Waals surface area contributed by atoms with E-state index in [0.717, 1.165) is 80.6 Å². The highest BCUT2D eigenvalue weighted by Gasteiger charge is 2.35. The molecule has 0 bridgehead atoms. The molecule has 16 nitrogen and oxygen atoms in total. The Morgan fingerprint density at radius 2 is 1.73 bits per heavy atom. The number of hydrogen-bond acceptors (Lipinski definition) is 12. The Kier molecular flexibility index (Phi) is 22.0. The van der Waals surface area contributed by atoms with Gasteiger partial charge in [0.25, 0.3) is 5.91 Å². The van der Waals surface area contributed by atoms with E-state index in [1.54, 1.807) is 4.68 Å². The SMILES string of the molecule is CCCCOCC(COCCOc1c(C)cc(C(=O)NCCCC2OC(C(=O)O)CCC2NC(=O)Cn2cc(C3CCCCC3)nn2)cc1C)NC.O=CC1CCCOC1. The number of carboxylic acids is 1. The highest BCUT2D eigenvalue weighted by molar-refractivity contribution is 5.94. The highest BCUT2D eigenvalue weighted by atomic mass is 16.5. The molecule has 60 heavy (non-hydrogen) atoms. The Hall–Kier alpha value is -3.96. The van der Waals surface area contributed by atoms with Gasteiger partial charge in [-0.1, -0.05) is 37.8 Å². The summed E-state index contributed by atoms with van der Waals surface area (Å²) in [6, 6.07) is 3.39. The number of ether oxygens (including phenoxy) is 5. The van der Waals surface area contributed by atoms with E-state index in [4.69, 9.17) is 23.7 Å². The molecule has 2 aliphatic heterocycles. The van der Waals surface area contributed by atoms with Crippen LogP contribution in [0.15, 0.2) is 18.3 Å². The molecule has 1 aromatic carbocycles. The zero-order valence-electron chi connectivity index (χ0n) is 36.3. The van der Waals surface area contributed by atoms with Crippen molar-refractivity contribution in [1.82, 2.24) is 30.9 Å². The fourth-order valence-electron chi connectivity index (χ4n) is 7.79. The predicted molar refractivity (Wildman–Crippen MR) is 225 cm³/mol. The first-order valence-corrected chi connectivity index (χ1v) is 22.1. The Balaban J connectivity index is 0.000000886. The number of nitrogens with one attached hydrogen (secondary N) is 3. The number of amides is 2. The number of unbranched alkanes of at least 4 members (excludes halogenated alkanes) is 1. The third-order valence-corrected chi connectivity index (χ3v) is 11.3. The molecule has 0 spiro atoms. The molecule has 0 radical (unpaired) electrons. The van der Waals surface area contributed by atoms with Crippen LogP contribution in [0.2, 0.25) is 0 Å². The van der Waals surface area contributed by atoms with E-state index in [9.17, 15) is 24.3 Å². The number of aromatic nitrogens is 3. The van der Waals surface area contributed by atoms with E-state index >= 15 is 0 Å². The zero-order valence-corrected chi connectivity index (χ0v) is 36.3. The lowest BCUT2D eigenvalue weighted by Gasteiger charge is -2.35. The Labute approximate surface area is 355 Å². The maximum atomic E-state index is 13.1. The number of aryl methyl sites for hydroxylation is 2. The number of carbonyl (C=O) groups excluding carboxylic acids is 3. The second-order valence-corrected chi connectivity index (χ2v) is 16.2. The van der Waals surface area contributed by atoms with Crippen molar-refractivity contribution >= 4 is 24.1 Å². The van der Waals surface area contributed by atoms with Gasteiger partial charge in [-0.25, -0.2) is 9.48 Å². The highest BCUT2D eigenvalue weighted by Crippen LogP contribution is 2.31. The molecular formula is C44H70N6O10. The van der Waals surface area contributed by atoms with E-state index in [1.165, 1.54) is 19.3 Å². The molecule has 5 atom stereocenters. The third-order valence-electron chi connectivity index (χ3n) is 11.3. The fraction of sp³-hybridized carbons (Fsp3) is 0.727. The number of aliphatic carboxylic acids is 1. The largest absolute Gasteiger partial charge is 0.491 e. The lowest BCUT2D eigenvalue weighted by Crippen LogP contribution is -2.51. The van der Waals surface area contributed by atoms with Crippen LogP contribution >= 0.6 is 0 Å². The number of rotatable bonds is 23. The van der Waals surface area contributed by atoms with Crippen LogP contribution in [0.5, 0.6) is 5.75 Å². The second-order valence-electron chi connectivity index (χ2n) is 16.2. The Morgan fingerprint density at radius 1 is 0.983 bits per heavy atom. The number of likely N-dealkylation sites (N-methyl/N-ethyl adjacent to an activating group) is 1. The van der Waals surface area contributed by atoms with Gasteiger partial charge in [-0.2, -0.15) is 0 Å². The van der Waals surface area contributed by atoms with E-state index in [2.05, 4.69) is 33.2 Å². The van der Waals surface area contributed by atoms with Crippen LogP contribution in [0.4, 0.5) is 0 Å². The van der Waals surface area contributed by atoms with E-state index in [0.29, 0.717) is 76.7 Å². The van der Waals surface area contributed by atoms with Crippen LogP contribution in [0, 0.1) is 19.8 Å². The van der Waals surface area contributed by atoms with Crippen molar-refractivity contribution in [3.63, 3.8) is 0 Å². The first kappa shape index (κ1) is 48.7. The van der Waals surface area contributed by atoms with E-state index in [-0.39, 0.29) is 36.4 Å². The summed E-state index contributed by atoms with van der Waals surface area (Å²) in [6.07, 6.45) is 13.3. The minimum absolute atomic E-state index is 0.0317. The lowest BCUT2D eigenvalue weighted by atomic mass is 9.87. The summed E-state index contributed by atoms with van der Waals surface area (Å²) >= 11 is 0. The summed E-state index contributed by atoms with van der Waals surface area (Å²) in [4.78, 5) is 47.9. The van der Waals surface area contributed by atoms with E-state index < -0.39 is 18.2 Å². The van der Waals surface area contributed by atoms with Gasteiger partial charge in [0.1, 0.15) is 25.2 Å². The monoisotopic (exact) mass is 843 g/mol. The quantitative estimate of drug-likeness (QED) is 0.0889. The average Bonchev–Trinajstić information content (AvgIpc) is 3.73. The van der Waals surface area contributed by atoms with Gasteiger partial charge < -0.3 is 49.5 Å². The van der Waals surface area contributed by atoms with E-state index in [1.807, 2.05) is 39.2 Å². The molecule has 3 fully saturated rings. The summed E-state index contributed by atoms with van der Waals surface area (Å²) in [5, 5.41) is 27.3. The van der Waals surface area contributed by atoms with Crippen molar-refractivity contribution in [2.75, 3.05) is 59.8 Å². The summed E-state index contributed by atoms with van der Waals surface area (Å²) in [5.74, 6) is -0.135. The first-order valence-electron chi connectivity index (χ1n) is 22.1. The molecule has 3 aliphatic rings. The van der Waals surface area contributed by atoms with Crippen LogP contribution in [-0.2, 0) is 39.9 Å². The fourth-order valence-corrected chi connectivity index (χ4v) is 7.79. The maximum absolute atomic E-state index is 13.1. The van der Waals surface area contributed by atoms with Gasteiger partial charge in [0.15, 0.2) is 6.10 Å². The first-order chi connectivity index (χ1) is 29.1. The molecule has 1 aromatic heterocycles. The van der Waals surface area contributed by atoms with Gasteiger partial charge >= 0.3 is 5.97 Å². The van der Waals surface area contributed by atoms with Gasteiger partial charge in [-0.3, -0.25) is 9.59 Å². The van der Waals surface area contributed by atoms with Crippen molar-refractivity contribution < 1.29 is 48.0 Å². The van der Waals surface area contributed by atoms with Crippen molar-refractivity contribution in [3.8, 4) is 5.75 Å². The maximum Gasteiger partial charge on any atom is 0.332 e. The molecule has 16 heteroatoms. The van der Waals surface area contributed by atoms with Crippen molar-refractivity contribution in [2.45, 2.75) is 141 Å². The number of benzene rings is 1. The van der Waals surface area contributed by atoms with Gasteiger partial charge in [0.2, 0.25) is 5.91 Å². The number of carboxylic acid groups (broad SMARTS) is 1. The van der Waals surface area contributed by atoms with Crippen LogP contribution in [0.1, 0.15) is 123 Å². The molecule has 1 saturated carbocycles.